The Balaban J connectivity index is 1.55. The van der Waals surface area contributed by atoms with Gasteiger partial charge in [-0.15, -0.1) is 0 Å². The number of nitrogens with one attached hydrogen (secondary N) is 1. The molecule has 0 saturated carbocycles. The molecule has 5 nitrogen and oxygen atoms in total. The zero-order valence-corrected chi connectivity index (χ0v) is 13.1. The second-order valence-corrected chi connectivity index (χ2v) is 6.16. The van der Waals surface area contributed by atoms with Crippen molar-refractivity contribution in [3.05, 3.63) is 46.3 Å². The zero-order valence-electron chi connectivity index (χ0n) is 12.2. The van der Waals surface area contributed by atoms with Gasteiger partial charge in [-0.3, -0.25) is 4.79 Å². The number of aliphatic hydroxyl groups is 1. The molecule has 0 aliphatic carbocycles. The fraction of sp³-hybridized carbons (Fsp3) is 0.375. The molecule has 1 atom stereocenters. The molecule has 1 amide bonds. The van der Waals surface area contributed by atoms with E-state index in [1.165, 1.54) is 24.2 Å². The third-order valence-corrected chi connectivity index (χ3v) is 4.53. The summed E-state index contributed by atoms with van der Waals surface area (Å²) in [5, 5.41) is 16.5. The van der Waals surface area contributed by atoms with Crippen LogP contribution in [0.4, 0.5) is 5.82 Å². The van der Waals surface area contributed by atoms with E-state index in [1.807, 2.05) is 22.9 Å². The molecule has 3 heterocycles. The SMILES string of the molecule is O=C(NCC(O)c1ccsc1)c1ccc(N2CCCC2)nc1. The Kier molecular flexibility index (Phi) is 4.70. The molecule has 1 saturated heterocycles. The van der Waals surface area contributed by atoms with Gasteiger partial charge < -0.3 is 15.3 Å². The van der Waals surface area contributed by atoms with E-state index >= 15 is 0 Å². The van der Waals surface area contributed by atoms with E-state index in [9.17, 15) is 9.90 Å². The van der Waals surface area contributed by atoms with Crippen molar-refractivity contribution in [3.63, 3.8) is 0 Å². The van der Waals surface area contributed by atoms with E-state index in [4.69, 9.17) is 0 Å². The van der Waals surface area contributed by atoms with Crippen molar-refractivity contribution in [1.29, 1.82) is 0 Å². The summed E-state index contributed by atoms with van der Waals surface area (Å²) in [5.41, 5.74) is 1.34. The van der Waals surface area contributed by atoms with E-state index in [1.54, 1.807) is 12.3 Å². The topological polar surface area (TPSA) is 65.5 Å². The molecule has 2 aromatic heterocycles. The fourth-order valence-electron chi connectivity index (χ4n) is 2.53. The first-order chi connectivity index (χ1) is 10.7. The highest BCUT2D eigenvalue weighted by atomic mass is 32.1. The summed E-state index contributed by atoms with van der Waals surface area (Å²) < 4.78 is 0. The molecular weight excluding hydrogens is 298 g/mol. The number of nitrogens with zero attached hydrogens (tertiary/aromatic N) is 2. The molecule has 1 fully saturated rings. The number of anilines is 1. The van der Waals surface area contributed by atoms with Crippen LogP contribution in [0.5, 0.6) is 0 Å². The average molecular weight is 317 g/mol. The Labute approximate surface area is 133 Å². The van der Waals surface area contributed by atoms with Crippen molar-refractivity contribution < 1.29 is 9.90 Å². The molecule has 116 valence electrons. The Morgan fingerprint density at radius 2 is 2.18 bits per heavy atom. The van der Waals surface area contributed by atoms with Crippen LogP contribution in [-0.2, 0) is 0 Å². The van der Waals surface area contributed by atoms with Crippen LogP contribution in [0.15, 0.2) is 35.2 Å². The number of rotatable bonds is 5. The third kappa shape index (κ3) is 3.45. The molecule has 0 aromatic carbocycles. The number of thiophene rings is 1. The van der Waals surface area contributed by atoms with Gasteiger partial charge in [0, 0.05) is 25.8 Å². The molecule has 1 aliphatic heterocycles. The molecule has 0 spiro atoms. The lowest BCUT2D eigenvalue weighted by Gasteiger charge is -2.16. The average Bonchev–Trinajstić information content (AvgIpc) is 3.25. The van der Waals surface area contributed by atoms with Crippen LogP contribution in [0.25, 0.3) is 0 Å². The number of pyridine rings is 1. The Morgan fingerprint density at radius 1 is 1.36 bits per heavy atom. The molecule has 22 heavy (non-hydrogen) atoms. The van der Waals surface area contributed by atoms with Gasteiger partial charge in [-0.25, -0.2) is 4.98 Å². The van der Waals surface area contributed by atoms with Gasteiger partial charge in [-0.05, 0) is 47.4 Å². The summed E-state index contributed by atoms with van der Waals surface area (Å²) >= 11 is 1.52. The van der Waals surface area contributed by atoms with E-state index < -0.39 is 6.10 Å². The van der Waals surface area contributed by atoms with Gasteiger partial charge in [0.15, 0.2) is 0 Å². The molecule has 2 aromatic rings. The van der Waals surface area contributed by atoms with Gasteiger partial charge >= 0.3 is 0 Å². The van der Waals surface area contributed by atoms with Gasteiger partial charge in [0.05, 0.1) is 11.7 Å². The van der Waals surface area contributed by atoms with Crippen LogP contribution in [-0.4, -0.2) is 35.6 Å². The van der Waals surface area contributed by atoms with Crippen molar-refractivity contribution in [1.82, 2.24) is 10.3 Å². The summed E-state index contributed by atoms with van der Waals surface area (Å²) in [6.07, 6.45) is 3.32. The second-order valence-electron chi connectivity index (χ2n) is 5.38. The summed E-state index contributed by atoms with van der Waals surface area (Å²) in [6.45, 7) is 2.26. The molecule has 6 heteroatoms. The van der Waals surface area contributed by atoms with Gasteiger partial charge in [0.2, 0.25) is 0 Å². The van der Waals surface area contributed by atoms with E-state index in [-0.39, 0.29) is 12.5 Å². The number of carbonyl (C=O) groups is 1. The van der Waals surface area contributed by atoms with Crippen LogP contribution in [0.2, 0.25) is 0 Å². The quantitative estimate of drug-likeness (QED) is 0.887. The molecule has 1 unspecified atom stereocenters. The van der Waals surface area contributed by atoms with E-state index in [0.29, 0.717) is 5.56 Å². The standard InChI is InChI=1S/C16H19N3O2S/c20-14(13-5-8-22-11-13)10-18-16(21)12-3-4-15(17-9-12)19-6-1-2-7-19/h3-5,8-9,11,14,20H,1-2,6-7,10H2,(H,18,21). The highest BCUT2D eigenvalue weighted by Crippen LogP contribution is 2.18. The maximum absolute atomic E-state index is 12.1. The number of carbonyl (C=O) groups excluding carboxylic acids is 1. The lowest BCUT2D eigenvalue weighted by molar-refractivity contribution is 0.0916. The first kappa shape index (κ1) is 15.0. The normalized spacial score (nSPS) is 15.8. The predicted octanol–water partition coefficient (Wildman–Crippen LogP) is 2.21. The van der Waals surface area contributed by atoms with Gasteiger partial charge in [-0.2, -0.15) is 11.3 Å². The van der Waals surface area contributed by atoms with Crippen LogP contribution < -0.4 is 10.2 Å². The minimum atomic E-state index is -0.674. The van der Waals surface area contributed by atoms with Gasteiger partial charge in [0.25, 0.3) is 5.91 Å². The van der Waals surface area contributed by atoms with Crippen LogP contribution in [0.3, 0.4) is 0 Å². The number of aromatic nitrogens is 1. The molecule has 0 radical (unpaired) electrons. The third-order valence-electron chi connectivity index (χ3n) is 3.82. The van der Waals surface area contributed by atoms with Crippen LogP contribution >= 0.6 is 11.3 Å². The summed E-state index contributed by atoms with van der Waals surface area (Å²) in [6, 6.07) is 5.52. The first-order valence-electron chi connectivity index (χ1n) is 7.43. The monoisotopic (exact) mass is 317 g/mol. The minimum absolute atomic E-state index is 0.198. The lowest BCUT2D eigenvalue weighted by atomic mass is 10.2. The van der Waals surface area contributed by atoms with Crippen molar-refractivity contribution >= 4 is 23.1 Å². The highest BCUT2D eigenvalue weighted by Gasteiger charge is 2.15. The molecular formula is C16H19N3O2S. The van der Waals surface area contributed by atoms with Crippen molar-refractivity contribution in [2.24, 2.45) is 0 Å². The molecule has 2 N–H and O–H groups in total. The van der Waals surface area contributed by atoms with Crippen LogP contribution in [0.1, 0.15) is 34.9 Å². The Hall–Kier alpha value is -1.92. The summed E-state index contributed by atoms with van der Waals surface area (Å²) in [7, 11) is 0. The number of hydrogen-bond donors (Lipinski definition) is 2. The van der Waals surface area contributed by atoms with Gasteiger partial charge in [-0.1, -0.05) is 0 Å². The first-order valence-corrected chi connectivity index (χ1v) is 8.37. The molecule has 1 aliphatic rings. The maximum atomic E-state index is 12.1. The number of amides is 1. The molecule has 0 bridgehead atoms. The van der Waals surface area contributed by atoms with Crippen molar-refractivity contribution in [2.75, 3.05) is 24.5 Å². The van der Waals surface area contributed by atoms with Gasteiger partial charge in [0.1, 0.15) is 5.82 Å². The summed E-state index contributed by atoms with van der Waals surface area (Å²) in [4.78, 5) is 18.7. The van der Waals surface area contributed by atoms with E-state index in [0.717, 1.165) is 24.5 Å². The largest absolute Gasteiger partial charge is 0.387 e. The second kappa shape index (κ2) is 6.89. The van der Waals surface area contributed by atoms with Crippen molar-refractivity contribution in [3.8, 4) is 0 Å². The van der Waals surface area contributed by atoms with E-state index in [2.05, 4.69) is 15.2 Å². The molecule has 3 rings (SSSR count). The smallest absolute Gasteiger partial charge is 0.252 e. The lowest BCUT2D eigenvalue weighted by Crippen LogP contribution is -2.28. The fourth-order valence-corrected chi connectivity index (χ4v) is 3.23. The van der Waals surface area contributed by atoms with Crippen molar-refractivity contribution in [2.45, 2.75) is 18.9 Å². The number of hydrogen-bond acceptors (Lipinski definition) is 5. The predicted molar refractivity (Wildman–Crippen MR) is 87.3 cm³/mol. The minimum Gasteiger partial charge on any atom is -0.387 e. The van der Waals surface area contributed by atoms with Crippen LogP contribution in [0, 0.1) is 0 Å². The Morgan fingerprint density at radius 3 is 2.82 bits per heavy atom. The Bertz CT molecular complexity index is 607. The number of aliphatic hydroxyl groups excluding tert-OH is 1. The highest BCUT2D eigenvalue weighted by molar-refractivity contribution is 7.07. The summed E-state index contributed by atoms with van der Waals surface area (Å²) in [5.74, 6) is 0.710. The zero-order chi connectivity index (χ0) is 15.4. The maximum Gasteiger partial charge on any atom is 0.252 e.